The van der Waals surface area contributed by atoms with E-state index in [0.29, 0.717) is 13.0 Å². The van der Waals surface area contributed by atoms with Crippen LogP contribution in [0.4, 0.5) is 0 Å². The molecule has 0 fully saturated rings. The Morgan fingerprint density at radius 1 is 0.793 bits per heavy atom. The van der Waals surface area contributed by atoms with Gasteiger partial charge < -0.3 is 9.30 Å². The minimum absolute atomic E-state index is 0.253. The first-order valence-electron chi connectivity index (χ1n) is 9.78. The highest BCUT2D eigenvalue weighted by atomic mass is 16.5. The average Bonchev–Trinajstić information content (AvgIpc) is 3.15. The molecule has 4 rings (SSSR count). The predicted octanol–water partition coefficient (Wildman–Crippen LogP) is 5.92. The smallest absolute Gasteiger partial charge is 0.302 e. The highest BCUT2D eigenvalue weighted by molar-refractivity contribution is 5.76. The molecular formula is C26H23NO2. The summed E-state index contributed by atoms with van der Waals surface area (Å²) in [7, 11) is 0. The van der Waals surface area contributed by atoms with Crippen LogP contribution in [0.25, 0.3) is 28.2 Å². The van der Waals surface area contributed by atoms with Crippen LogP contribution in [0.1, 0.15) is 12.5 Å². The Morgan fingerprint density at radius 3 is 1.93 bits per heavy atom. The highest BCUT2D eigenvalue weighted by Gasteiger charge is 2.19. The molecule has 1 heterocycles. The molecule has 3 heteroatoms. The lowest BCUT2D eigenvalue weighted by atomic mass is 10.1. The van der Waals surface area contributed by atoms with Gasteiger partial charge in [0, 0.05) is 19.0 Å². The van der Waals surface area contributed by atoms with Crippen molar-refractivity contribution in [3.63, 3.8) is 0 Å². The van der Waals surface area contributed by atoms with Crippen molar-refractivity contribution in [1.82, 2.24) is 4.57 Å². The second-order valence-electron chi connectivity index (χ2n) is 6.90. The van der Waals surface area contributed by atoms with Crippen molar-refractivity contribution >= 4 is 5.97 Å². The number of nitrogens with zero attached hydrogens (tertiary/aromatic N) is 1. The first kappa shape index (κ1) is 18.8. The van der Waals surface area contributed by atoms with Crippen molar-refractivity contribution in [3.05, 3.63) is 103 Å². The summed E-state index contributed by atoms with van der Waals surface area (Å²) >= 11 is 0. The minimum Gasteiger partial charge on any atom is -0.466 e. The molecule has 0 spiro atoms. The van der Waals surface area contributed by atoms with E-state index in [9.17, 15) is 4.79 Å². The summed E-state index contributed by atoms with van der Waals surface area (Å²) in [6.45, 7) is 1.81. The largest absolute Gasteiger partial charge is 0.466 e. The van der Waals surface area contributed by atoms with Crippen molar-refractivity contribution in [3.8, 4) is 28.2 Å². The molecule has 4 aromatic rings. The van der Waals surface area contributed by atoms with Crippen molar-refractivity contribution < 1.29 is 9.53 Å². The molecule has 0 bridgehead atoms. The SMILES string of the molecule is CC(=O)OCCc1cc(-c2ccccc2)n(-c2ccccc2)c1-c1ccccc1. The van der Waals surface area contributed by atoms with Gasteiger partial charge in [0.2, 0.25) is 0 Å². The van der Waals surface area contributed by atoms with Crippen LogP contribution < -0.4 is 0 Å². The molecule has 1 aromatic heterocycles. The maximum Gasteiger partial charge on any atom is 0.302 e. The predicted molar refractivity (Wildman–Crippen MR) is 117 cm³/mol. The molecule has 3 nitrogen and oxygen atoms in total. The molecule has 3 aromatic carbocycles. The molecule has 0 amide bonds. The summed E-state index contributed by atoms with van der Waals surface area (Å²) in [5, 5.41) is 0. The van der Waals surface area contributed by atoms with E-state index in [0.717, 1.165) is 33.8 Å². The zero-order valence-corrected chi connectivity index (χ0v) is 16.4. The van der Waals surface area contributed by atoms with E-state index in [1.807, 2.05) is 18.2 Å². The van der Waals surface area contributed by atoms with Crippen LogP contribution in [-0.4, -0.2) is 17.1 Å². The number of hydrogen-bond donors (Lipinski definition) is 0. The lowest BCUT2D eigenvalue weighted by Crippen LogP contribution is -2.05. The van der Waals surface area contributed by atoms with E-state index in [-0.39, 0.29) is 5.97 Å². The number of para-hydroxylation sites is 1. The van der Waals surface area contributed by atoms with Crippen LogP contribution in [0.2, 0.25) is 0 Å². The van der Waals surface area contributed by atoms with Crippen molar-refractivity contribution in [2.24, 2.45) is 0 Å². The molecule has 0 atom stereocenters. The standard InChI is InChI=1S/C26H23NO2/c1-20(28)29-18-17-23-19-25(21-11-5-2-6-12-21)27(24-15-9-4-10-16-24)26(23)22-13-7-3-8-14-22/h2-16,19H,17-18H2,1H3. The molecule has 0 saturated heterocycles. The fourth-order valence-electron chi connectivity index (χ4n) is 3.63. The quantitative estimate of drug-likeness (QED) is 0.388. The number of benzene rings is 3. The van der Waals surface area contributed by atoms with Gasteiger partial charge in [0.1, 0.15) is 0 Å². The summed E-state index contributed by atoms with van der Waals surface area (Å²) in [5.41, 5.74) is 6.78. The third-order valence-electron chi connectivity index (χ3n) is 4.89. The van der Waals surface area contributed by atoms with Crippen LogP contribution >= 0.6 is 0 Å². The molecule has 0 unspecified atom stereocenters. The fourth-order valence-corrected chi connectivity index (χ4v) is 3.63. The maximum atomic E-state index is 11.3. The number of esters is 1. The zero-order chi connectivity index (χ0) is 20.1. The van der Waals surface area contributed by atoms with Crippen LogP contribution in [-0.2, 0) is 16.0 Å². The minimum atomic E-state index is -0.253. The van der Waals surface area contributed by atoms with E-state index >= 15 is 0 Å². The third-order valence-corrected chi connectivity index (χ3v) is 4.89. The summed E-state index contributed by atoms with van der Waals surface area (Å²) < 4.78 is 7.55. The fraction of sp³-hybridized carbons (Fsp3) is 0.115. The summed E-state index contributed by atoms with van der Waals surface area (Å²) in [6.07, 6.45) is 0.656. The second kappa shape index (κ2) is 8.61. The maximum absolute atomic E-state index is 11.3. The third kappa shape index (κ3) is 4.14. The van der Waals surface area contributed by atoms with E-state index in [1.54, 1.807) is 0 Å². The molecule has 0 aliphatic heterocycles. The molecule has 0 aliphatic rings. The molecule has 0 saturated carbocycles. The van der Waals surface area contributed by atoms with E-state index < -0.39 is 0 Å². The molecule has 29 heavy (non-hydrogen) atoms. The van der Waals surface area contributed by atoms with Crippen LogP contribution in [0, 0.1) is 0 Å². The van der Waals surface area contributed by atoms with Gasteiger partial charge in [0.25, 0.3) is 0 Å². The number of carbonyl (C=O) groups excluding carboxylic acids is 1. The number of rotatable bonds is 6. The van der Waals surface area contributed by atoms with Crippen LogP contribution in [0.15, 0.2) is 97.1 Å². The van der Waals surface area contributed by atoms with Gasteiger partial charge in [0.05, 0.1) is 18.0 Å². The van der Waals surface area contributed by atoms with Crippen LogP contribution in [0.5, 0.6) is 0 Å². The summed E-state index contributed by atoms with van der Waals surface area (Å²) in [5.74, 6) is -0.253. The topological polar surface area (TPSA) is 31.2 Å². The van der Waals surface area contributed by atoms with Crippen LogP contribution in [0.3, 0.4) is 0 Å². The Labute approximate surface area is 171 Å². The molecule has 0 radical (unpaired) electrons. The number of ether oxygens (including phenoxy) is 1. The lowest BCUT2D eigenvalue weighted by Gasteiger charge is -2.15. The van der Waals surface area contributed by atoms with Gasteiger partial charge in [-0.3, -0.25) is 4.79 Å². The average molecular weight is 381 g/mol. The Hall–Kier alpha value is -3.59. The number of carbonyl (C=O) groups is 1. The lowest BCUT2D eigenvalue weighted by molar-refractivity contribution is -0.140. The van der Waals surface area contributed by atoms with Gasteiger partial charge in [-0.25, -0.2) is 0 Å². The molecular weight excluding hydrogens is 358 g/mol. The zero-order valence-electron chi connectivity index (χ0n) is 16.4. The molecule has 144 valence electrons. The van der Waals surface area contributed by atoms with Crippen molar-refractivity contribution in [2.45, 2.75) is 13.3 Å². The second-order valence-corrected chi connectivity index (χ2v) is 6.90. The van der Waals surface area contributed by atoms with Crippen molar-refractivity contribution in [2.75, 3.05) is 6.61 Å². The van der Waals surface area contributed by atoms with Gasteiger partial charge in [-0.2, -0.15) is 0 Å². The monoisotopic (exact) mass is 381 g/mol. The van der Waals surface area contributed by atoms with E-state index in [1.165, 1.54) is 6.92 Å². The van der Waals surface area contributed by atoms with Gasteiger partial charge in [0.15, 0.2) is 0 Å². The van der Waals surface area contributed by atoms with Gasteiger partial charge in [-0.15, -0.1) is 0 Å². The van der Waals surface area contributed by atoms with Crippen molar-refractivity contribution in [1.29, 1.82) is 0 Å². The first-order chi connectivity index (χ1) is 14.2. The Balaban J connectivity index is 1.94. The van der Waals surface area contributed by atoms with Gasteiger partial charge in [-0.05, 0) is 34.9 Å². The Bertz CT molecular complexity index is 1080. The highest BCUT2D eigenvalue weighted by Crippen LogP contribution is 2.36. The number of hydrogen-bond acceptors (Lipinski definition) is 2. The normalized spacial score (nSPS) is 10.7. The van der Waals surface area contributed by atoms with E-state index in [4.69, 9.17) is 4.74 Å². The summed E-state index contributed by atoms with van der Waals surface area (Å²) in [4.78, 5) is 11.3. The summed E-state index contributed by atoms with van der Waals surface area (Å²) in [6, 6.07) is 33.3. The first-order valence-corrected chi connectivity index (χ1v) is 9.78. The molecule has 0 N–H and O–H groups in total. The van der Waals surface area contributed by atoms with Gasteiger partial charge in [-0.1, -0.05) is 78.9 Å². The Kier molecular flexibility index (Phi) is 5.57. The Morgan fingerprint density at radius 2 is 1.34 bits per heavy atom. The molecule has 0 aliphatic carbocycles. The number of aromatic nitrogens is 1. The van der Waals surface area contributed by atoms with E-state index in [2.05, 4.69) is 83.4 Å². The van der Waals surface area contributed by atoms with Gasteiger partial charge >= 0.3 is 5.97 Å².